The number of nitrogens with one attached hydrogen (secondary N) is 1. The Morgan fingerprint density at radius 3 is 3.14 bits per heavy atom. The quantitative estimate of drug-likeness (QED) is 0.199. The highest BCUT2D eigenvalue weighted by molar-refractivity contribution is 5.91. The van der Waals surface area contributed by atoms with Crippen molar-refractivity contribution >= 4 is 11.8 Å². The molecule has 0 aromatic carbocycles. The fourth-order valence-corrected chi connectivity index (χ4v) is 0.945. The minimum Gasteiger partial charge on any atom is -0.464 e. The lowest BCUT2D eigenvalue weighted by molar-refractivity contribution is 0.0593. The van der Waals surface area contributed by atoms with Crippen molar-refractivity contribution in [3.8, 4) is 0 Å². The first-order chi connectivity index (χ1) is 6.69. The molecule has 0 aliphatic rings. The second-order valence-electron chi connectivity index (χ2n) is 2.49. The molecule has 7 heteroatoms. The van der Waals surface area contributed by atoms with E-state index in [1.165, 1.54) is 13.4 Å². The van der Waals surface area contributed by atoms with Gasteiger partial charge in [-0.05, 0) is 0 Å². The number of rotatable bonds is 3. The number of aromatic nitrogens is 2. The molecular formula is C7H10N4O3. The Morgan fingerprint density at radius 2 is 2.57 bits per heavy atom. The molecule has 1 rings (SSSR count). The zero-order chi connectivity index (χ0) is 10.6. The number of aromatic amines is 1. The highest BCUT2D eigenvalue weighted by atomic mass is 16.5. The Hall–Kier alpha value is -2.05. The van der Waals surface area contributed by atoms with Crippen LogP contribution in [0.5, 0.6) is 0 Å². The molecule has 0 radical (unpaired) electrons. The van der Waals surface area contributed by atoms with E-state index in [-0.39, 0.29) is 18.0 Å². The van der Waals surface area contributed by atoms with Crippen LogP contribution >= 0.6 is 0 Å². The number of H-pyrrole nitrogens is 1. The Balaban J connectivity index is 2.88. The molecule has 14 heavy (non-hydrogen) atoms. The predicted molar refractivity (Wildman–Crippen MR) is 47.0 cm³/mol. The molecular weight excluding hydrogens is 188 g/mol. The standard InChI is InChI=1S/C7H10N4O3/c1-14-7(12)6-4(9-3-10-6)2-5(8)11-13/h3,13H,2H2,1H3,(H2,8,11)(H,9,10). The highest BCUT2D eigenvalue weighted by Gasteiger charge is 2.15. The molecule has 1 aromatic heterocycles. The fourth-order valence-electron chi connectivity index (χ4n) is 0.945. The first-order valence-electron chi connectivity index (χ1n) is 3.76. The van der Waals surface area contributed by atoms with Crippen LogP contribution in [0.1, 0.15) is 16.2 Å². The second-order valence-corrected chi connectivity index (χ2v) is 2.49. The smallest absolute Gasteiger partial charge is 0.358 e. The molecule has 0 saturated carbocycles. The summed E-state index contributed by atoms with van der Waals surface area (Å²) in [6.45, 7) is 0. The van der Waals surface area contributed by atoms with Crippen molar-refractivity contribution in [3.05, 3.63) is 17.7 Å². The summed E-state index contributed by atoms with van der Waals surface area (Å²) >= 11 is 0. The maximum Gasteiger partial charge on any atom is 0.358 e. The molecule has 0 unspecified atom stereocenters. The van der Waals surface area contributed by atoms with Crippen LogP contribution in [0.2, 0.25) is 0 Å². The van der Waals surface area contributed by atoms with Crippen LogP contribution in [0.3, 0.4) is 0 Å². The highest BCUT2D eigenvalue weighted by Crippen LogP contribution is 2.04. The van der Waals surface area contributed by atoms with E-state index in [2.05, 4.69) is 19.9 Å². The summed E-state index contributed by atoms with van der Waals surface area (Å²) in [4.78, 5) is 17.6. The van der Waals surface area contributed by atoms with Gasteiger partial charge >= 0.3 is 5.97 Å². The van der Waals surface area contributed by atoms with Gasteiger partial charge in [0.25, 0.3) is 0 Å². The van der Waals surface area contributed by atoms with Crippen LogP contribution in [0.25, 0.3) is 0 Å². The summed E-state index contributed by atoms with van der Waals surface area (Å²) in [5, 5.41) is 11.1. The average Bonchev–Trinajstić information content (AvgIpc) is 2.64. The van der Waals surface area contributed by atoms with E-state index in [1.807, 2.05) is 0 Å². The van der Waals surface area contributed by atoms with Gasteiger partial charge < -0.3 is 20.7 Å². The Kier molecular flexibility index (Phi) is 3.05. The normalized spacial score (nSPS) is 11.4. The van der Waals surface area contributed by atoms with Gasteiger partial charge in [-0.15, -0.1) is 0 Å². The van der Waals surface area contributed by atoms with Gasteiger partial charge in [-0.1, -0.05) is 5.16 Å². The van der Waals surface area contributed by atoms with E-state index >= 15 is 0 Å². The van der Waals surface area contributed by atoms with Gasteiger partial charge in [-0.2, -0.15) is 0 Å². The average molecular weight is 198 g/mol. The van der Waals surface area contributed by atoms with Gasteiger partial charge in [0, 0.05) is 0 Å². The van der Waals surface area contributed by atoms with Gasteiger partial charge in [-0.25, -0.2) is 9.78 Å². The van der Waals surface area contributed by atoms with Gasteiger partial charge in [0.15, 0.2) is 5.69 Å². The van der Waals surface area contributed by atoms with Crippen molar-refractivity contribution in [1.29, 1.82) is 0 Å². The van der Waals surface area contributed by atoms with Crippen LogP contribution in [-0.2, 0) is 11.2 Å². The molecule has 0 fully saturated rings. The first kappa shape index (κ1) is 10.0. The third kappa shape index (κ3) is 2.00. The molecule has 1 aromatic rings. The molecule has 7 nitrogen and oxygen atoms in total. The lowest BCUT2D eigenvalue weighted by Crippen LogP contribution is -2.17. The van der Waals surface area contributed by atoms with Crippen molar-refractivity contribution in [2.24, 2.45) is 10.9 Å². The minimum absolute atomic E-state index is 0.0144. The monoisotopic (exact) mass is 198 g/mol. The Morgan fingerprint density at radius 1 is 1.86 bits per heavy atom. The lowest BCUT2D eigenvalue weighted by atomic mass is 10.2. The number of carbonyl (C=O) groups excluding carboxylic acids is 1. The third-order valence-corrected chi connectivity index (χ3v) is 1.58. The van der Waals surface area contributed by atoms with Gasteiger partial charge in [0.2, 0.25) is 0 Å². The lowest BCUT2D eigenvalue weighted by Gasteiger charge is -1.99. The van der Waals surface area contributed by atoms with Gasteiger partial charge in [-0.3, -0.25) is 0 Å². The maximum absolute atomic E-state index is 11.1. The number of esters is 1. The number of nitrogens with zero attached hydrogens (tertiary/aromatic N) is 2. The number of hydrogen-bond acceptors (Lipinski definition) is 5. The molecule has 0 saturated heterocycles. The van der Waals surface area contributed by atoms with Crippen molar-refractivity contribution < 1.29 is 14.7 Å². The number of nitrogens with two attached hydrogens (primary N) is 1. The van der Waals surface area contributed by atoms with Gasteiger partial charge in [0.1, 0.15) is 5.84 Å². The molecule has 1 heterocycles. The summed E-state index contributed by atoms with van der Waals surface area (Å²) in [5.41, 5.74) is 5.86. The van der Waals surface area contributed by atoms with Crippen molar-refractivity contribution in [2.75, 3.05) is 7.11 Å². The fraction of sp³-hybridized carbons (Fsp3) is 0.286. The number of ether oxygens (including phenoxy) is 1. The maximum atomic E-state index is 11.1. The molecule has 0 amide bonds. The van der Waals surface area contributed by atoms with Crippen molar-refractivity contribution in [3.63, 3.8) is 0 Å². The third-order valence-electron chi connectivity index (χ3n) is 1.58. The van der Waals surface area contributed by atoms with E-state index in [0.29, 0.717) is 5.69 Å². The second kappa shape index (κ2) is 4.26. The van der Waals surface area contributed by atoms with E-state index in [0.717, 1.165) is 0 Å². The zero-order valence-corrected chi connectivity index (χ0v) is 7.52. The summed E-state index contributed by atoms with van der Waals surface area (Å²) in [6, 6.07) is 0. The van der Waals surface area contributed by atoms with Crippen LogP contribution in [0.4, 0.5) is 0 Å². The summed E-state index contributed by atoms with van der Waals surface area (Å²) in [5.74, 6) is -0.577. The number of carbonyl (C=O) groups is 1. The number of imidazole rings is 1. The van der Waals surface area contributed by atoms with Crippen LogP contribution in [-0.4, -0.2) is 34.1 Å². The minimum atomic E-state index is -0.563. The van der Waals surface area contributed by atoms with Crippen molar-refractivity contribution in [1.82, 2.24) is 9.97 Å². The summed E-state index contributed by atoms with van der Waals surface area (Å²) < 4.78 is 4.49. The summed E-state index contributed by atoms with van der Waals surface area (Å²) in [6.07, 6.45) is 1.45. The summed E-state index contributed by atoms with van der Waals surface area (Å²) in [7, 11) is 1.25. The topological polar surface area (TPSA) is 114 Å². The number of amidine groups is 1. The van der Waals surface area contributed by atoms with Crippen LogP contribution in [0.15, 0.2) is 11.5 Å². The molecule has 0 aliphatic carbocycles. The molecule has 76 valence electrons. The Labute approximate surface area is 79.6 Å². The largest absolute Gasteiger partial charge is 0.464 e. The number of methoxy groups -OCH3 is 1. The molecule has 0 spiro atoms. The SMILES string of the molecule is COC(=O)c1nc[nH]c1C/C(N)=N/O. The van der Waals surface area contributed by atoms with E-state index < -0.39 is 5.97 Å². The van der Waals surface area contributed by atoms with Gasteiger partial charge in [0.05, 0.1) is 25.6 Å². The first-order valence-corrected chi connectivity index (χ1v) is 3.76. The molecule has 0 bridgehead atoms. The van der Waals surface area contributed by atoms with Crippen LogP contribution in [0, 0.1) is 0 Å². The predicted octanol–water partition coefficient (Wildman–Crippen LogP) is -0.515. The van der Waals surface area contributed by atoms with Crippen LogP contribution < -0.4 is 5.73 Å². The number of hydrogen-bond donors (Lipinski definition) is 3. The molecule has 4 N–H and O–H groups in total. The zero-order valence-electron chi connectivity index (χ0n) is 7.52. The van der Waals surface area contributed by atoms with E-state index in [9.17, 15) is 4.79 Å². The van der Waals surface area contributed by atoms with E-state index in [4.69, 9.17) is 10.9 Å². The van der Waals surface area contributed by atoms with E-state index in [1.54, 1.807) is 0 Å². The Bertz CT molecular complexity index is 358. The number of oxime groups is 1. The molecule has 0 aliphatic heterocycles. The molecule has 0 atom stereocenters. The van der Waals surface area contributed by atoms with Crippen molar-refractivity contribution in [2.45, 2.75) is 6.42 Å².